The molecule has 0 saturated carbocycles. The molecule has 6 nitrogen and oxygen atoms in total. The lowest BCUT2D eigenvalue weighted by Gasteiger charge is -2.16. The van der Waals surface area contributed by atoms with Crippen LogP contribution in [0, 0.1) is 0 Å². The van der Waals surface area contributed by atoms with Gasteiger partial charge in [0.25, 0.3) is 5.91 Å². The lowest BCUT2D eigenvalue weighted by atomic mass is 10.2. The van der Waals surface area contributed by atoms with Crippen LogP contribution in [-0.4, -0.2) is 52.0 Å². The number of halogens is 1. The predicted octanol–water partition coefficient (Wildman–Crippen LogP) is 1.50. The third kappa shape index (κ3) is 3.78. The first-order valence-electron chi connectivity index (χ1n) is 7.03. The van der Waals surface area contributed by atoms with Crippen molar-refractivity contribution in [3.63, 3.8) is 0 Å². The molecule has 0 spiro atoms. The van der Waals surface area contributed by atoms with Gasteiger partial charge in [0.2, 0.25) is 10.0 Å². The van der Waals surface area contributed by atoms with Crippen molar-refractivity contribution >= 4 is 27.5 Å². The van der Waals surface area contributed by atoms with Crippen LogP contribution in [0.2, 0.25) is 5.02 Å². The van der Waals surface area contributed by atoms with E-state index in [4.69, 9.17) is 16.3 Å². The van der Waals surface area contributed by atoms with Crippen molar-refractivity contribution in [2.24, 2.45) is 0 Å². The summed E-state index contributed by atoms with van der Waals surface area (Å²) < 4.78 is 31.3. The summed E-state index contributed by atoms with van der Waals surface area (Å²) in [4.78, 5) is 12.2. The van der Waals surface area contributed by atoms with Gasteiger partial charge in [-0.3, -0.25) is 4.79 Å². The number of hydrogen-bond donors (Lipinski definition) is 1. The summed E-state index contributed by atoms with van der Waals surface area (Å²) in [6.45, 7) is 1.73. The Hall–Kier alpha value is -1.15. The lowest BCUT2D eigenvalue weighted by Crippen LogP contribution is -2.29. The fourth-order valence-electron chi connectivity index (χ4n) is 2.28. The molecule has 1 aliphatic rings. The first kappa shape index (κ1) is 17.2. The molecule has 8 heteroatoms. The van der Waals surface area contributed by atoms with Crippen LogP contribution in [0.1, 0.15) is 23.2 Å². The van der Waals surface area contributed by atoms with Crippen LogP contribution in [0.3, 0.4) is 0 Å². The molecule has 2 rings (SSSR count). The van der Waals surface area contributed by atoms with Crippen molar-refractivity contribution in [3.8, 4) is 0 Å². The predicted molar refractivity (Wildman–Crippen MR) is 83.7 cm³/mol. The van der Waals surface area contributed by atoms with E-state index in [2.05, 4.69) is 5.32 Å². The van der Waals surface area contributed by atoms with E-state index < -0.39 is 15.9 Å². The second-order valence-electron chi connectivity index (χ2n) is 5.00. The molecule has 1 aliphatic heterocycles. The largest absolute Gasteiger partial charge is 0.383 e. The number of nitrogens with one attached hydrogen (secondary N) is 1. The Bertz CT molecular complexity index is 642. The van der Waals surface area contributed by atoms with Crippen molar-refractivity contribution in [1.82, 2.24) is 9.62 Å². The van der Waals surface area contributed by atoms with Crippen LogP contribution in [0.25, 0.3) is 0 Å². The Kier molecular flexibility index (Phi) is 5.80. The quantitative estimate of drug-likeness (QED) is 0.792. The summed E-state index contributed by atoms with van der Waals surface area (Å²) in [6.07, 6.45) is 1.72. The fourth-order valence-corrected chi connectivity index (χ4v) is 4.03. The van der Waals surface area contributed by atoms with Crippen LogP contribution in [0.15, 0.2) is 23.1 Å². The smallest absolute Gasteiger partial charge is 0.252 e. The number of rotatable bonds is 6. The second-order valence-corrected chi connectivity index (χ2v) is 7.35. The average Bonchev–Trinajstić information content (AvgIpc) is 3.02. The van der Waals surface area contributed by atoms with Gasteiger partial charge in [-0.25, -0.2) is 8.42 Å². The normalized spacial score (nSPS) is 15.9. The Morgan fingerprint density at radius 2 is 2.05 bits per heavy atom. The number of sulfonamides is 1. The van der Waals surface area contributed by atoms with Gasteiger partial charge in [-0.1, -0.05) is 11.6 Å². The summed E-state index contributed by atoms with van der Waals surface area (Å²) in [6, 6.07) is 4.20. The molecule has 0 aromatic heterocycles. The molecule has 0 atom stereocenters. The molecular formula is C14H19ClN2O4S. The molecule has 0 unspecified atom stereocenters. The van der Waals surface area contributed by atoms with E-state index >= 15 is 0 Å². The summed E-state index contributed by atoms with van der Waals surface area (Å²) in [5.74, 6) is -0.416. The SMILES string of the molecule is COCCNC(=O)c1cc(S(=O)(=O)N2CCCC2)ccc1Cl. The number of methoxy groups -OCH3 is 1. The van der Waals surface area contributed by atoms with E-state index in [9.17, 15) is 13.2 Å². The molecule has 1 saturated heterocycles. The monoisotopic (exact) mass is 346 g/mol. The van der Waals surface area contributed by atoms with Gasteiger partial charge in [0.15, 0.2) is 0 Å². The fraction of sp³-hybridized carbons (Fsp3) is 0.500. The number of hydrogen-bond acceptors (Lipinski definition) is 4. The van der Waals surface area contributed by atoms with E-state index in [0.29, 0.717) is 26.2 Å². The van der Waals surface area contributed by atoms with Crippen molar-refractivity contribution in [3.05, 3.63) is 28.8 Å². The van der Waals surface area contributed by atoms with Crippen molar-refractivity contribution in [1.29, 1.82) is 0 Å². The Morgan fingerprint density at radius 3 is 2.68 bits per heavy atom. The van der Waals surface area contributed by atoms with Crippen molar-refractivity contribution < 1.29 is 17.9 Å². The molecule has 0 bridgehead atoms. The molecule has 0 aliphatic carbocycles. The topological polar surface area (TPSA) is 75.7 Å². The number of carbonyl (C=O) groups is 1. The molecule has 1 fully saturated rings. The summed E-state index contributed by atoms with van der Waals surface area (Å²) in [5, 5.41) is 2.85. The maximum absolute atomic E-state index is 12.5. The highest BCUT2D eigenvalue weighted by Gasteiger charge is 2.28. The molecule has 22 heavy (non-hydrogen) atoms. The zero-order valence-electron chi connectivity index (χ0n) is 12.3. The molecule has 1 heterocycles. The molecular weight excluding hydrogens is 328 g/mol. The van der Waals surface area contributed by atoms with Gasteiger partial charge in [0.1, 0.15) is 0 Å². The maximum atomic E-state index is 12.5. The number of ether oxygens (including phenoxy) is 1. The van der Waals surface area contributed by atoms with E-state index in [1.54, 1.807) is 0 Å². The summed E-state index contributed by atoms with van der Waals surface area (Å²) in [7, 11) is -2.04. The minimum atomic E-state index is -3.57. The van der Waals surface area contributed by atoms with Gasteiger partial charge in [0, 0.05) is 26.7 Å². The van der Waals surface area contributed by atoms with Crippen molar-refractivity contribution in [2.45, 2.75) is 17.7 Å². The Labute approximate surface area is 135 Å². The second kappa shape index (κ2) is 7.41. The number of carbonyl (C=O) groups excluding carboxylic acids is 1. The molecule has 0 radical (unpaired) electrons. The third-order valence-electron chi connectivity index (χ3n) is 3.48. The minimum Gasteiger partial charge on any atom is -0.383 e. The first-order chi connectivity index (χ1) is 10.5. The standard InChI is InChI=1S/C14H19ClN2O4S/c1-21-9-6-16-14(18)12-10-11(4-5-13(12)15)22(19,20)17-7-2-3-8-17/h4-5,10H,2-3,6-9H2,1H3,(H,16,18). The first-order valence-corrected chi connectivity index (χ1v) is 8.85. The zero-order chi connectivity index (χ0) is 16.2. The number of nitrogens with zero attached hydrogens (tertiary/aromatic N) is 1. The zero-order valence-corrected chi connectivity index (χ0v) is 13.9. The molecule has 1 N–H and O–H groups in total. The Morgan fingerprint density at radius 1 is 1.36 bits per heavy atom. The lowest BCUT2D eigenvalue weighted by molar-refractivity contribution is 0.0937. The van der Waals surface area contributed by atoms with Crippen LogP contribution >= 0.6 is 11.6 Å². The minimum absolute atomic E-state index is 0.0932. The van der Waals surface area contributed by atoms with Crippen LogP contribution in [0.5, 0.6) is 0 Å². The van der Waals surface area contributed by atoms with Crippen molar-refractivity contribution in [2.75, 3.05) is 33.4 Å². The highest BCUT2D eigenvalue weighted by molar-refractivity contribution is 7.89. The highest BCUT2D eigenvalue weighted by atomic mass is 35.5. The van der Waals surface area contributed by atoms with Crippen LogP contribution in [0.4, 0.5) is 0 Å². The molecule has 1 aromatic carbocycles. The van der Waals surface area contributed by atoms with E-state index in [1.165, 1.54) is 29.6 Å². The molecule has 1 amide bonds. The van der Waals surface area contributed by atoms with E-state index in [-0.39, 0.29) is 15.5 Å². The van der Waals surface area contributed by atoms with Crippen LogP contribution < -0.4 is 5.32 Å². The summed E-state index contributed by atoms with van der Waals surface area (Å²) >= 11 is 6.01. The van der Waals surface area contributed by atoms with Gasteiger partial charge in [-0.2, -0.15) is 4.31 Å². The van der Waals surface area contributed by atoms with Gasteiger partial charge in [0.05, 0.1) is 22.1 Å². The number of amides is 1. The molecule has 1 aromatic rings. The van der Waals surface area contributed by atoms with Gasteiger partial charge >= 0.3 is 0 Å². The Balaban J connectivity index is 2.24. The van der Waals surface area contributed by atoms with Gasteiger partial charge < -0.3 is 10.1 Å². The van der Waals surface area contributed by atoms with E-state index in [1.807, 2.05) is 0 Å². The van der Waals surface area contributed by atoms with Gasteiger partial charge in [-0.15, -0.1) is 0 Å². The summed E-state index contributed by atoms with van der Waals surface area (Å²) in [5.41, 5.74) is 0.151. The van der Waals surface area contributed by atoms with Crippen LogP contribution in [-0.2, 0) is 14.8 Å². The van der Waals surface area contributed by atoms with E-state index in [0.717, 1.165) is 12.8 Å². The maximum Gasteiger partial charge on any atom is 0.252 e. The third-order valence-corrected chi connectivity index (χ3v) is 5.70. The molecule has 122 valence electrons. The number of benzene rings is 1. The highest BCUT2D eigenvalue weighted by Crippen LogP contribution is 2.25. The van der Waals surface area contributed by atoms with Gasteiger partial charge in [-0.05, 0) is 31.0 Å². The average molecular weight is 347 g/mol.